The van der Waals surface area contributed by atoms with Crippen LogP contribution in [-0.2, 0) is 11.3 Å². The molecule has 2 aliphatic heterocycles. The zero-order valence-corrected chi connectivity index (χ0v) is 17.8. The number of carbonyl (C=O) groups excluding carboxylic acids is 1. The van der Waals surface area contributed by atoms with Gasteiger partial charge in [-0.1, -0.05) is 18.2 Å². The van der Waals surface area contributed by atoms with E-state index in [1.54, 1.807) is 0 Å². The molecule has 0 N–H and O–H groups in total. The van der Waals surface area contributed by atoms with Gasteiger partial charge in [0.15, 0.2) is 18.1 Å². The molecule has 4 rings (SSSR count). The van der Waals surface area contributed by atoms with Crippen LogP contribution in [0.4, 0.5) is 0 Å². The standard InChI is InChI=1S/C24H30N2O4/c1-18(20-7-10-22-23(15-20)29-14-13-28-22)25(2)16-19-5-8-21(9-6-19)30-17-24(27)26-11-3-4-12-26/h5-10,15,18H,3-4,11-14,16-17H2,1-2H3. The SMILES string of the molecule is CC(c1ccc2c(c1)OCCO2)N(C)Cc1ccc(OCC(=O)N2CCCC2)cc1. The summed E-state index contributed by atoms with van der Waals surface area (Å²) in [4.78, 5) is 16.3. The monoisotopic (exact) mass is 410 g/mol. The minimum atomic E-state index is 0.0737. The van der Waals surface area contributed by atoms with Gasteiger partial charge < -0.3 is 19.1 Å². The van der Waals surface area contributed by atoms with Gasteiger partial charge in [-0.3, -0.25) is 9.69 Å². The zero-order valence-electron chi connectivity index (χ0n) is 17.8. The maximum absolute atomic E-state index is 12.1. The van der Waals surface area contributed by atoms with E-state index in [-0.39, 0.29) is 18.6 Å². The average Bonchev–Trinajstić information content (AvgIpc) is 3.32. The van der Waals surface area contributed by atoms with E-state index in [0.717, 1.165) is 49.7 Å². The lowest BCUT2D eigenvalue weighted by atomic mass is 10.1. The van der Waals surface area contributed by atoms with Crippen LogP contribution in [0.1, 0.15) is 36.9 Å². The van der Waals surface area contributed by atoms with Crippen molar-refractivity contribution in [3.05, 3.63) is 53.6 Å². The van der Waals surface area contributed by atoms with Crippen molar-refractivity contribution >= 4 is 5.91 Å². The molecule has 0 spiro atoms. The quantitative estimate of drug-likeness (QED) is 0.697. The van der Waals surface area contributed by atoms with E-state index >= 15 is 0 Å². The highest BCUT2D eigenvalue weighted by Crippen LogP contribution is 2.34. The van der Waals surface area contributed by atoms with Gasteiger partial charge in [-0.2, -0.15) is 0 Å². The second-order valence-electron chi connectivity index (χ2n) is 8.01. The Bertz CT molecular complexity index is 862. The van der Waals surface area contributed by atoms with E-state index in [4.69, 9.17) is 14.2 Å². The lowest BCUT2D eigenvalue weighted by molar-refractivity contribution is -0.132. The molecule has 0 bridgehead atoms. The van der Waals surface area contributed by atoms with E-state index in [9.17, 15) is 4.79 Å². The molecule has 1 fully saturated rings. The summed E-state index contributed by atoms with van der Waals surface area (Å²) in [5.41, 5.74) is 2.39. The molecule has 30 heavy (non-hydrogen) atoms. The van der Waals surface area contributed by atoms with Crippen molar-refractivity contribution in [3.63, 3.8) is 0 Å². The summed E-state index contributed by atoms with van der Waals surface area (Å²) in [6, 6.07) is 14.4. The van der Waals surface area contributed by atoms with Crippen LogP contribution in [0.15, 0.2) is 42.5 Å². The molecule has 0 saturated carbocycles. The van der Waals surface area contributed by atoms with E-state index in [2.05, 4.69) is 43.1 Å². The first-order chi connectivity index (χ1) is 14.6. The van der Waals surface area contributed by atoms with Gasteiger partial charge in [0, 0.05) is 25.7 Å². The van der Waals surface area contributed by atoms with Gasteiger partial charge in [0.2, 0.25) is 0 Å². The number of amides is 1. The normalized spacial score (nSPS) is 16.6. The van der Waals surface area contributed by atoms with Crippen LogP contribution in [0, 0.1) is 0 Å². The number of likely N-dealkylation sites (tertiary alicyclic amines) is 1. The van der Waals surface area contributed by atoms with E-state index < -0.39 is 0 Å². The summed E-state index contributed by atoms with van der Waals surface area (Å²) < 4.78 is 17.0. The van der Waals surface area contributed by atoms with Gasteiger partial charge in [-0.15, -0.1) is 0 Å². The summed E-state index contributed by atoms with van der Waals surface area (Å²) in [6.07, 6.45) is 2.19. The molecule has 1 amide bonds. The molecule has 2 heterocycles. The van der Waals surface area contributed by atoms with E-state index in [0.29, 0.717) is 13.2 Å². The number of nitrogens with zero attached hydrogens (tertiary/aromatic N) is 2. The Morgan fingerprint density at radius 2 is 1.77 bits per heavy atom. The molecule has 2 aromatic carbocycles. The van der Waals surface area contributed by atoms with E-state index in [1.807, 2.05) is 23.1 Å². The third-order valence-corrected chi connectivity index (χ3v) is 5.89. The zero-order chi connectivity index (χ0) is 20.9. The summed E-state index contributed by atoms with van der Waals surface area (Å²) in [7, 11) is 2.11. The molecule has 160 valence electrons. The highest BCUT2D eigenvalue weighted by atomic mass is 16.6. The molecule has 6 heteroatoms. The maximum atomic E-state index is 12.1. The van der Waals surface area contributed by atoms with Crippen LogP contribution >= 0.6 is 0 Å². The molecular weight excluding hydrogens is 380 g/mol. The number of carbonyl (C=O) groups is 1. The molecule has 1 atom stereocenters. The lowest BCUT2D eigenvalue weighted by Crippen LogP contribution is -2.32. The second kappa shape index (κ2) is 9.39. The Labute approximate surface area is 178 Å². The average molecular weight is 411 g/mol. The summed E-state index contributed by atoms with van der Waals surface area (Å²) >= 11 is 0. The van der Waals surface area contributed by atoms with Gasteiger partial charge in [0.1, 0.15) is 19.0 Å². The minimum Gasteiger partial charge on any atom is -0.486 e. The molecule has 2 aromatic rings. The highest BCUT2D eigenvalue weighted by Gasteiger charge is 2.19. The van der Waals surface area contributed by atoms with Crippen LogP contribution in [0.2, 0.25) is 0 Å². The molecule has 0 radical (unpaired) electrons. The smallest absolute Gasteiger partial charge is 0.260 e. The van der Waals surface area contributed by atoms with Gasteiger partial charge in [-0.25, -0.2) is 0 Å². The Morgan fingerprint density at radius 3 is 2.50 bits per heavy atom. The largest absolute Gasteiger partial charge is 0.486 e. The summed E-state index contributed by atoms with van der Waals surface area (Å²) in [6.45, 7) is 6.02. The number of hydrogen-bond acceptors (Lipinski definition) is 5. The van der Waals surface area contributed by atoms with Crippen molar-refractivity contribution in [2.45, 2.75) is 32.4 Å². The molecule has 1 unspecified atom stereocenters. The van der Waals surface area contributed by atoms with Gasteiger partial charge in [0.25, 0.3) is 5.91 Å². The second-order valence-corrected chi connectivity index (χ2v) is 8.01. The first-order valence-electron chi connectivity index (χ1n) is 10.7. The number of benzene rings is 2. The molecule has 0 aliphatic carbocycles. The topological polar surface area (TPSA) is 51.2 Å². The van der Waals surface area contributed by atoms with Crippen molar-refractivity contribution in [2.24, 2.45) is 0 Å². The van der Waals surface area contributed by atoms with Gasteiger partial charge in [0.05, 0.1) is 0 Å². The van der Waals surface area contributed by atoms with Crippen LogP contribution in [0.3, 0.4) is 0 Å². The Balaban J connectivity index is 1.30. The number of fused-ring (bicyclic) bond motifs is 1. The van der Waals surface area contributed by atoms with Crippen LogP contribution in [0.25, 0.3) is 0 Å². The fourth-order valence-electron chi connectivity index (χ4n) is 3.89. The van der Waals surface area contributed by atoms with Gasteiger partial charge in [-0.05, 0) is 62.2 Å². The molecule has 2 aliphatic rings. The number of hydrogen-bond donors (Lipinski definition) is 0. The first-order valence-corrected chi connectivity index (χ1v) is 10.7. The van der Waals surface area contributed by atoms with Crippen molar-refractivity contribution in [1.29, 1.82) is 0 Å². The molecule has 6 nitrogen and oxygen atoms in total. The fraction of sp³-hybridized carbons (Fsp3) is 0.458. The van der Waals surface area contributed by atoms with Crippen molar-refractivity contribution in [3.8, 4) is 17.2 Å². The number of ether oxygens (including phenoxy) is 3. The minimum absolute atomic E-state index is 0.0737. The fourth-order valence-corrected chi connectivity index (χ4v) is 3.89. The van der Waals surface area contributed by atoms with Crippen molar-refractivity contribution in [2.75, 3.05) is 40.0 Å². The third-order valence-electron chi connectivity index (χ3n) is 5.89. The highest BCUT2D eigenvalue weighted by molar-refractivity contribution is 5.78. The summed E-state index contributed by atoms with van der Waals surface area (Å²) in [5, 5.41) is 0. The Morgan fingerprint density at radius 1 is 1.07 bits per heavy atom. The molecule has 0 aromatic heterocycles. The Hall–Kier alpha value is -2.73. The molecule has 1 saturated heterocycles. The van der Waals surface area contributed by atoms with Crippen LogP contribution in [-0.4, -0.2) is 55.7 Å². The first kappa shape index (κ1) is 20.5. The predicted molar refractivity (Wildman–Crippen MR) is 115 cm³/mol. The van der Waals surface area contributed by atoms with Crippen LogP contribution < -0.4 is 14.2 Å². The predicted octanol–water partition coefficient (Wildman–Crippen LogP) is 3.65. The van der Waals surface area contributed by atoms with Gasteiger partial charge >= 0.3 is 0 Å². The van der Waals surface area contributed by atoms with Crippen molar-refractivity contribution in [1.82, 2.24) is 9.80 Å². The van der Waals surface area contributed by atoms with Crippen molar-refractivity contribution < 1.29 is 19.0 Å². The molecular formula is C24H30N2O4. The third kappa shape index (κ3) is 4.87. The maximum Gasteiger partial charge on any atom is 0.260 e. The Kier molecular flexibility index (Phi) is 6.43. The van der Waals surface area contributed by atoms with E-state index in [1.165, 1.54) is 11.1 Å². The van der Waals surface area contributed by atoms with Crippen LogP contribution in [0.5, 0.6) is 17.2 Å². The summed E-state index contributed by atoms with van der Waals surface area (Å²) in [5.74, 6) is 2.45. The number of rotatable bonds is 7. The lowest BCUT2D eigenvalue weighted by Gasteiger charge is -2.27.